The number of fused-ring (bicyclic) bond motifs is 1. The number of nitrogens with one attached hydrogen (secondary N) is 1. The number of methoxy groups -OCH3 is 2. The first-order chi connectivity index (χ1) is 8.15. The monoisotopic (exact) mass is 235 g/mol. The molecule has 1 aliphatic heterocycles. The van der Waals surface area contributed by atoms with E-state index in [1.165, 1.54) is 7.11 Å². The lowest BCUT2D eigenvalue weighted by atomic mass is 9.92. The zero-order valence-electron chi connectivity index (χ0n) is 10.3. The van der Waals surface area contributed by atoms with Gasteiger partial charge < -0.3 is 14.8 Å². The van der Waals surface area contributed by atoms with E-state index >= 15 is 0 Å². The number of benzene rings is 1. The molecule has 17 heavy (non-hydrogen) atoms. The average Bonchev–Trinajstić information content (AvgIpc) is 2.65. The van der Waals surface area contributed by atoms with E-state index in [1.54, 1.807) is 7.11 Å². The summed E-state index contributed by atoms with van der Waals surface area (Å²) in [5.74, 6) is 0.779. The van der Waals surface area contributed by atoms with Gasteiger partial charge in [-0.25, -0.2) is 0 Å². The van der Waals surface area contributed by atoms with Crippen molar-refractivity contribution in [3.05, 3.63) is 23.8 Å². The molecule has 1 aromatic rings. The Morgan fingerprint density at radius 3 is 2.82 bits per heavy atom. The standard InChI is InChI=1S/C13H17NO3/c1-8-10(7-13(15)17-3)11-6-9(16-2)4-5-12(11)14-8/h4-6,8,10,14H,7H2,1-3H3/t8-,10+/m0/s1. The van der Waals surface area contributed by atoms with E-state index in [0.29, 0.717) is 6.42 Å². The molecule has 0 spiro atoms. The number of hydrogen-bond acceptors (Lipinski definition) is 4. The van der Waals surface area contributed by atoms with Gasteiger partial charge in [0, 0.05) is 17.6 Å². The second-order valence-corrected chi connectivity index (χ2v) is 4.27. The van der Waals surface area contributed by atoms with Gasteiger partial charge in [0.25, 0.3) is 0 Å². The first kappa shape index (κ1) is 11.8. The number of esters is 1. The maximum Gasteiger partial charge on any atom is 0.306 e. The molecule has 0 amide bonds. The molecule has 0 bridgehead atoms. The molecule has 0 radical (unpaired) electrons. The molecule has 1 aromatic carbocycles. The van der Waals surface area contributed by atoms with Crippen LogP contribution in [0.15, 0.2) is 18.2 Å². The zero-order chi connectivity index (χ0) is 12.4. The predicted molar refractivity (Wildman–Crippen MR) is 65.5 cm³/mol. The van der Waals surface area contributed by atoms with E-state index < -0.39 is 0 Å². The van der Waals surface area contributed by atoms with Gasteiger partial charge >= 0.3 is 5.97 Å². The van der Waals surface area contributed by atoms with Gasteiger partial charge in [-0.15, -0.1) is 0 Å². The fraction of sp³-hybridized carbons (Fsp3) is 0.462. The van der Waals surface area contributed by atoms with E-state index in [1.807, 2.05) is 18.2 Å². The van der Waals surface area contributed by atoms with Gasteiger partial charge in [-0.3, -0.25) is 4.79 Å². The summed E-state index contributed by atoms with van der Waals surface area (Å²) >= 11 is 0. The summed E-state index contributed by atoms with van der Waals surface area (Å²) in [5.41, 5.74) is 2.20. The Labute approximate surface area is 101 Å². The molecule has 0 saturated heterocycles. The Bertz CT molecular complexity index is 431. The lowest BCUT2D eigenvalue weighted by Crippen LogP contribution is -2.19. The van der Waals surface area contributed by atoms with Crippen LogP contribution in [0.3, 0.4) is 0 Å². The van der Waals surface area contributed by atoms with Gasteiger partial charge in [-0.1, -0.05) is 0 Å². The zero-order valence-corrected chi connectivity index (χ0v) is 10.3. The van der Waals surface area contributed by atoms with Crippen molar-refractivity contribution in [2.24, 2.45) is 0 Å². The van der Waals surface area contributed by atoms with E-state index in [-0.39, 0.29) is 17.9 Å². The number of ether oxygens (including phenoxy) is 2. The van der Waals surface area contributed by atoms with Crippen LogP contribution >= 0.6 is 0 Å². The van der Waals surface area contributed by atoms with Gasteiger partial charge in [-0.05, 0) is 30.7 Å². The summed E-state index contributed by atoms with van der Waals surface area (Å²) < 4.78 is 9.94. The first-order valence-corrected chi connectivity index (χ1v) is 5.67. The van der Waals surface area contributed by atoms with Crippen LogP contribution in [0, 0.1) is 0 Å². The lowest BCUT2D eigenvalue weighted by molar-refractivity contribution is -0.141. The Kier molecular flexibility index (Phi) is 3.22. The topological polar surface area (TPSA) is 47.6 Å². The maximum atomic E-state index is 11.4. The molecule has 0 aromatic heterocycles. The Balaban J connectivity index is 2.28. The molecule has 4 nitrogen and oxygen atoms in total. The highest BCUT2D eigenvalue weighted by molar-refractivity contribution is 5.73. The third kappa shape index (κ3) is 2.20. The molecule has 92 valence electrons. The molecule has 1 aliphatic rings. The summed E-state index contributed by atoms with van der Waals surface area (Å²) in [4.78, 5) is 11.4. The van der Waals surface area contributed by atoms with Crippen LogP contribution in [0.4, 0.5) is 5.69 Å². The van der Waals surface area contributed by atoms with Crippen LogP contribution in [0.5, 0.6) is 5.75 Å². The van der Waals surface area contributed by atoms with Crippen molar-refractivity contribution in [1.82, 2.24) is 0 Å². The number of hydrogen-bond donors (Lipinski definition) is 1. The predicted octanol–water partition coefficient (Wildman–Crippen LogP) is 2.16. The van der Waals surface area contributed by atoms with Crippen molar-refractivity contribution in [3.63, 3.8) is 0 Å². The molecule has 4 heteroatoms. The van der Waals surface area contributed by atoms with E-state index in [2.05, 4.69) is 12.2 Å². The largest absolute Gasteiger partial charge is 0.497 e. The van der Waals surface area contributed by atoms with Crippen LogP contribution in [0.2, 0.25) is 0 Å². The smallest absolute Gasteiger partial charge is 0.306 e. The second kappa shape index (κ2) is 4.65. The minimum absolute atomic E-state index is 0.146. The normalized spacial score (nSPS) is 21.6. The van der Waals surface area contributed by atoms with Gasteiger partial charge in [0.15, 0.2) is 0 Å². The van der Waals surface area contributed by atoms with Crippen molar-refractivity contribution in [1.29, 1.82) is 0 Å². The fourth-order valence-electron chi connectivity index (χ4n) is 2.27. The molecule has 2 rings (SSSR count). The van der Waals surface area contributed by atoms with E-state index in [9.17, 15) is 4.79 Å². The third-order valence-electron chi connectivity index (χ3n) is 3.26. The number of carbonyl (C=O) groups excluding carboxylic acids is 1. The quantitative estimate of drug-likeness (QED) is 0.815. The molecule has 0 aliphatic carbocycles. The molecule has 1 heterocycles. The molecular weight excluding hydrogens is 218 g/mol. The van der Waals surface area contributed by atoms with Gasteiger partial charge in [0.05, 0.1) is 20.6 Å². The minimum Gasteiger partial charge on any atom is -0.497 e. The second-order valence-electron chi connectivity index (χ2n) is 4.27. The van der Waals surface area contributed by atoms with Crippen molar-refractivity contribution < 1.29 is 14.3 Å². The van der Waals surface area contributed by atoms with E-state index in [0.717, 1.165) is 17.0 Å². The molecule has 2 atom stereocenters. The van der Waals surface area contributed by atoms with Crippen molar-refractivity contribution in [2.45, 2.75) is 25.3 Å². The Hall–Kier alpha value is -1.71. The van der Waals surface area contributed by atoms with Gasteiger partial charge in [0.1, 0.15) is 5.75 Å². The molecule has 1 N–H and O–H groups in total. The summed E-state index contributed by atoms with van der Waals surface area (Å²) in [6, 6.07) is 6.12. The van der Waals surface area contributed by atoms with Crippen molar-refractivity contribution in [2.75, 3.05) is 19.5 Å². The van der Waals surface area contributed by atoms with Crippen LogP contribution in [-0.4, -0.2) is 26.2 Å². The van der Waals surface area contributed by atoms with Gasteiger partial charge in [-0.2, -0.15) is 0 Å². The van der Waals surface area contributed by atoms with Crippen molar-refractivity contribution >= 4 is 11.7 Å². The minimum atomic E-state index is -0.181. The first-order valence-electron chi connectivity index (χ1n) is 5.67. The number of rotatable bonds is 3. The molecular formula is C13H17NO3. The Morgan fingerprint density at radius 2 is 2.18 bits per heavy atom. The summed E-state index contributed by atoms with van der Waals surface area (Å²) in [6.45, 7) is 2.07. The van der Waals surface area contributed by atoms with Crippen LogP contribution < -0.4 is 10.1 Å². The van der Waals surface area contributed by atoms with Crippen LogP contribution in [-0.2, 0) is 9.53 Å². The highest BCUT2D eigenvalue weighted by atomic mass is 16.5. The average molecular weight is 235 g/mol. The highest BCUT2D eigenvalue weighted by Gasteiger charge is 2.31. The summed E-state index contributed by atoms with van der Waals surface area (Å²) in [5, 5.41) is 3.36. The summed E-state index contributed by atoms with van der Waals surface area (Å²) in [6.07, 6.45) is 0.394. The maximum absolute atomic E-state index is 11.4. The number of carbonyl (C=O) groups is 1. The molecule has 0 fully saturated rings. The summed E-state index contributed by atoms with van der Waals surface area (Å²) in [7, 11) is 3.06. The van der Waals surface area contributed by atoms with E-state index in [4.69, 9.17) is 9.47 Å². The van der Waals surface area contributed by atoms with Crippen molar-refractivity contribution in [3.8, 4) is 5.75 Å². The third-order valence-corrected chi connectivity index (χ3v) is 3.26. The van der Waals surface area contributed by atoms with Gasteiger partial charge in [0.2, 0.25) is 0 Å². The Morgan fingerprint density at radius 1 is 1.41 bits per heavy atom. The number of anilines is 1. The van der Waals surface area contributed by atoms with Crippen LogP contribution in [0.25, 0.3) is 0 Å². The molecule has 0 unspecified atom stereocenters. The molecule has 0 saturated carbocycles. The SMILES string of the molecule is COC(=O)C[C@H]1c2cc(OC)ccc2N[C@H]1C. The highest BCUT2D eigenvalue weighted by Crippen LogP contribution is 2.39. The fourth-order valence-corrected chi connectivity index (χ4v) is 2.27. The van der Waals surface area contributed by atoms with Crippen LogP contribution in [0.1, 0.15) is 24.8 Å². The lowest BCUT2D eigenvalue weighted by Gasteiger charge is -2.14.